The number of ether oxygens (including phenoxy) is 2. The van der Waals surface area contributed by atoms with E-state index in [4.69, 9.17) is 9.47 Å². The molecule has 8 aromatic rings. The molecule has 0 aliphatic carbocycles. The van der Waals surface area contributed by atoms with Crippen LogP contribution in [0.5, 0.6) is 5.75 Å². The van der Waals surface area contributed by atoms with Gasteiger partial charge >= 0.3 is 5.97 Å². The van der Waals surface area contributed by atoms with Gasteiger partial charge in [0.2, 0.25) is 5.91 Å². The molecule has 0 bridgehead atoms. The maximum Gasteiger partial charge on any atom is 0.328 e. The van der Waals surface area contributed by atoms with Crippen LogP contribution in [-0.4, -0.2) is 76.3 Å². The number of allylic oxidation sites excluding steroid dienone is 2. The van der Waals surface area contributed by atoms with Gasteiger partial charge in [-0.3, -0.25) is 28.1 Å². The molecule has 11 rings (SSSR count). The SMILES string of the molecule is C=C/C=C(\C)C(NCCCCCC(=O)n1ccc2c3c(ccc21)NC(C(=O)n1ccc2c4c(ccc21)NC(C(=O)n1ccc2c5c(ccc21)NC(C(=O)OC)C5)C4)C3)(c1ccccc1)c1ccc(OC)cc1. The number of hydrogen-bond donors (Lipinski definition) is 4. The molecule has 0 amide bonds. The maximum atomic E-state index is 14.3. The Morgan fingerprint density at radius 3 is 1.65 bits per heavy atom. The van der Waals surface area contributed by atoms with Crippen molar-refractivity contribution in [2.75, 3.05) is 36.7 Å². The van der Waals surface area contributed by atoms with Gasteiger partial charge in [0, 0.05) is 77.5 Å². The van der Waals surface area contributed by atoms with Gasteiger partial charge in [-0.1, -0.05) is 67.6 Å². The molecule has 0 radical (unpaired) electrons. The zero-order valence-corrected chi connectivity index (χ0v) is 40.7. The standard InChI is InChI=1S/C59H57N7O6/c1-5-12-36(2)59(37-13-8-6-9-14-37,38-16-18-39(71-3)19-17-38)60-29-11-7-10-15-55(67)64-30-26-40-43-33-49(61-46(43)20-23-52(40)64)56(68)65-31-27-41-44-34-50(62-47(44)21-24-53(41)65)57(69)66-32-28-42-45-35-51(58(70)72-4)63-48(45)22-25-54(42)66/h5-6,8-9,12-14,16-28,30-32,49-51,60-63H,1,7,10-11,15,29,33-35H2,2-4H3/b36-12+. The van der Waals surface area contributed by atoms with Gasteiger partial charge in [0.05, 0.1) is 36.3 Å². The van der Waals surface area contributed by atoms with E-state index in [0.717, 1.165) is 115 Å². The van der Waals surface area contributed by atoms with Crippen molar-refractivity contribution in [2.45, 2.75) is 75.5 Å². The van der Waals surface area contributed by atoms with Crippen LogP contribution >= 0.6 is 0 Å². The Morgan fingerprint density at radius 2 is 1.12 bits per heavy atom. The zero-order valence-electron chi connectivity index (χ0n) is 40.7. The third-order valence-corrected chi connectivity index (χ3v) is 15.1. The van der Waals surface area contributed by atoms with Crippen LogP contribution in [0.2, 0.25) is 0 Å². The molecule has 5 aromatic carbocycles. The van der Waals surface area contributed by atoms with Crippen molar-refractivity contribution in [3.63, 3.8) is 0 Å². The van der Waals surface area contributed by atoms with Crippen LogP contribution in [0.25, 0.3) is 32.7 Å². The van der Waals surface area contributed by atoms with Gasteiger partial charge in [0.15, 0.2) is 0 Å². The van der Waals surface area contributed by atoms with Crippen LogP contribution in [0.4, 0.5) is 17.1 Å². The molecular weight excluding hydrogens is 903 g/mol. The largest absolute Gasteiger partial charge is 0.497 e. The van der Waals surface area contributed by atoms with E-state index in [1.54, 1.807) is 27.0 Å². The zero-order chi connectivity index (χ0) is 49.7. The molecule has 72 heavy (non-hydrogen) atoms. The summed E-state index contributed by atoms with van der Waals surface area (Å²) >= 11 is 0. The second-order valence-electron chi connectivity index (χ2n) is 19.1. The molecule has 3 aliphatic rings. The van der Waals surface area contributed by atoms with Crippen LogP contribution in [0, 0.1) is 0 Å². The van der Waals surface area contributed by atoms with Gasteiger partial charge < -0.3 is 30.7 Å². The molecule has 13 heteroatoms. The van der Waals surface area contributed by atoms with Crippen LogP contribution in [0.1, 0.15) is 74.8 Å². The second-order valence-corrected chi connectivity index (χ2v) is 19.1. The number of carbonyl (C=O) groups is 4. The molecular formula is C59H57N7O6. The first-order chi connectivity index (χ1) is 35.1. The third kappa shape index (κ3) is 7.84. The Balaban J connectivity index is 0.726. The lowest BCUT2D eigenvalue weighted by Gasteiger charge is -2.38. The van der Waals surface area contributed by atoms with Gasteiger partial charge in [0.1, 0.15) is 23.9 Å². The highest BCUT2D eigenvalue weighted by atomic mass is 16.5. The molecule has 6 heterocycles. The summed E-state index contributed by atoms with van der Waals surface area (Å²) in [6.07, 6.45) is 13.7. The summed E-state index contributed by atoms with van der Waals surface area (Å²) in [6.45, 7) is 6.86. The van der Waals surface area contributed by atoms with Crippen LogP contribution in [0.3, 0.4) is 0 Å². The number of nitrogens with one attached hydrogen (secondary N) is 4. The maximum absolute atomic E-state index is 14.3. The van der Waals surface area contributed by atoms with Gasteiger partial charge in [-0.05, 0) is 126 Å². The first-order valence-electron chi connectivity index (χ1n) is 24.7. The lowest BCUT2D eigenvalue weighted by atomic mass is 9.76. The Kier molecular flexibility index (Phi) is 12.1. The fourth-order valence-corrected chi connectivity index (χ4v) is 11.5. The topological polar surface area (TPSA) is 150 Å². The highest BCUT2D eigenvalue weighted by molar-refractivity contribution is 6.05. The molecule has 0 saturated heterocycles. The number of esters is 1. The van der Waals surface area contributed by atoms with Crippen molar-refractivity contribution in [3.05, 3.63) is 180 Å². The lowest BCUT2D eigenvalue weighted by molar-refractivity contribution is -0.141. The highest BCUT2D eigenvalue weighted by Gasteiger charge is 2.37. The van der Waals surface area contributed by atoms with E-state index in [9.17, 15) is 19.2 Å². The highest BCUT2D eigenvalue weighted by Crippen LogP contribution is 2.40. The predicted molar refractivity (Wildman–Crippen MR) is 284 cm³/mol. The summed E-state index contributed by atoms with van der Waals surface area (Å²) in [7, 11) is 3.06. The molecule has 4 N–H and O–H groups in total. The van der Waals surface area contributed by atoms with Gasteiger partial charge in [-0.2, -0.15) is 0 Å². The number of hydrogen-bond acceptors (Lipinski definition) is 10. The Labute approximate surface area is 417 Å². The molecule has 13 nitrogen and oxygen atoms in total. The van der Waals surface area contributed by atoms with E-state index in [2.05, 4.69) is 77.2 Å². The van der Waals surface area contributed by atoms with E-state index in [0.29, 0.717) is 25.7 Å². The summed E-state index contributed by atoms with van der Waals surface area (Å²) < 4.78 is 15.6. The minimum atomic E-state index is -0.580. The smallest absolute Gasteiger partial charge is 0.328 e. The number of carbonyl (C=O) groups excluding carboxylic acids is 4. The van der Waals surface area contributed by atoms with Gasteiger partial charge in [-0.25, -0.2) is 4.79 Å². The summed E-state index contributed by atoms with van der Waals surface area (Å²) in [6, 6.07) is 34.8. The van der Waals surface area contributed by atoms with E-state index in [-0.39, 0.29) is 23.7 Å². The van der Waals surface area contributed by atoms with Gasteiger partial charge in [0.25, 0.3) is 11.8 Å². The number of rotatable bonds is 15. The fourth-order valence-electron chi connectivity index (χ4n) is 11.5. The molecule has 0 fully saturated rings. The normalized spacial score (nSPS) is 17.7. The van der Waals surface area contributed by atoms with Crippen molar-refractivity contribution in [2.24, 2.45) is 0 Å². The Morgan fingerprint density at radius 1 is 0.625 bits per heavy atom. The van der Waals surface area contributed by atoms with Crippen molar-refractivity contribution in [3.8, 4) is 5.75 Å². The summed E-state index contributed by atoms with van der Waals surface area (Å²) in [5.74, 6) is 0.358. The fraction of sp³-hybridized carbons (Fsp3) is 0.254. The van der Waals surface area contributed by atoms with Crippen molar-refractivity contribution < 1.29 is 28.7 Å². The minimum absolute atomic E-state index is 0.0421. The number of anilines is 3. The molecule has 4 unspecified atom stereocenters. The lowest BCUT2D eigenvalue weighted by Crippen LogP contribution is -2.45. The van der Waals surface area contributed by atoms with Crippen molar-refractivity contribution in [1.82, 2.24) is 19.0 Å². The third-order valence-electron chi connectivity index (χ3n) is 15.1. The average Bonchev–Trinajstić information content (AvgIpc) is 4.28. The van der Waals surface area contributed by atoms with Crippen LogP contribution < -0.4 is 26.0 Å². The Hall–Kier alpha value is -8.16. The van der Waals surface area contributed by atoms with Crippen LogP contribution in [-0.2, 0) is 34.3 Å². The molecule has 0 saturated carbocycles. The van der Waals surface area contributed by atoms with E-state index in [1.165, 1.54) is 7.11 Å². The molecule has 0 spiro atoms. The number of unbranched alkanes of at least 4 members (excludes halogenated alkanes) is 2. The second kappa shape index (κ2) is 18.9. The monoisotopic (exact) mass is 959 g/mol. The minimum Gasteiger partial charge on any atom is -0.497 e. The molecule has 364 valence electrons. The summed E-state index contributed by atoms with van der Waals surface area (Å²) in [4.78, 5) is 54.5. The predicted octanol–water partition coefficient (Wildman–Crippen LogP) is 10.3. The summed E-state index contributed by atoms with van der Waals surface area (Å²) in [5, 5.41) is 16.9. The van der Waals surface area contributed by atoms with Crippen LogP contribution in [0.15, 0.2) is 152 Å². The van der Waals surface area contributed by atoms with Crippen molar-refractivity contribution >= 4 is 73.5 Å². The quantitative estimate of drug-likeness (QED) is 0.0444. The first kappa shape index (κ1) is 46.2. The number of benzene rings is 5. The number of methoxy groups -OCH3 is 2. The molecule has 3 aromatic heterocycles. The van der Waals surface area contributed by atoms with E-state index >= 15 is 0 Å². The first-order valence-corrected chi connectivity index (χ1v) is 24.7. The number of fused-ring (bicyclic) bond motifs is 9. The van der Waals surface area contributed by atoms with Crippen molar-refractivity contribution in [1.29, 1.82) is 0 Å². The number of aromatic nitrogens is 3. The molecule has 3 aliphatic heterocycles. The number of nitrogens with zero attached hydrogens (tertiary/aromatic N) is 3. The average molecular weight is 960 g/mol. The molecule has 4 atom stereocenters. The van der Waals surface area contributed by atoms with E-state index < -0.39 is 23.7 Å². The van der Waals surface area contributed by atoms with E-state index in [1.807, 2.05) is 91.3 Å². The Bertz CT molecular complexity index is 3490. The van der Waals surface area contributed by atoms with Gasteiger partial charge in [-0.15, -0.1) is 0 Å². The summed E-state index contributed by atoms with van der Waals surface area (Å²) in [5.41, 5.74) is 10.8.